The standard InChI is InChI=1S/C15H9ClF3N5O3/c1-23-21-14(20-22-23)10-7-9(3-4-12(10)24(25)26)27-13-5-2-8(6-11(13)16)15(17,18)19/h2-7H,1H3. The molecule has 0 bridgehead atoms. The van der Waals surface area contributed by atoms with Crippen molar-refractivity contribution in [2.75, 3.05) is 0 Å². The van der Waals surface area contributed by atoms with Crippen molar-refractivity contribution >= 4 is 17.3 Å². The van der Waals surface area contributed by atoms with Gasteiger partial charge in [-0.25, -0.2) is 0 Å². The van der Waals surface area contributed by atoms with Gasteiger partial charge in [-0.15, -0.1) is 10.2 Å². The van der Waals surface area contributed by atoms with Gasteiger partial charge in [0.05, 0.1) is 22.6 Å². The first-order valence-corrected chi connectivity index (χ1v) is 7.60. The predicted octanol–water partition coefficient (Wildman–Crippen LogP) is 4.25. The van der Waals surface area contributed by atoms with E-state index >= 15 is 0 Å². The normalized spacial score (nSPS) is 11.4. The van der Waals surface area contributed by atoms with Gasteiger partial charge in [0.25, 0.3) is 5.69 Å². The lowest BCUT2D eigenvalue weighted by Gasteiger charge is -2.11. The van der Waals surface area contributed by atoms with Crippen LogP contribution < -0.4 is 4.74 Å². The third-order valence-electron chi connectivity index (χ3n) is 3.40. The molecule has 140 valence electrons. The smallest absolute Gasteiger partial charge is 0.416 e. The zero-order valence-electron chi connectivity index (χ0n) is 13.4. The summed E-state index contributed by atoms with van der Waals surface area (Å²) in [7, 11) is 1.49. The van der Waals surface area contributed by atoms with Crippen molar-refractivity contribution in [3.63, 3.8) is 0 Å². The summed E-state index contributed by atoms with van der Waals surface area (Å²) in [6.07, 6.45) is -4.54. The number of hydrogen-bond acceptors (Lipinski definition) is 6. The third kappa shape index (κ3) is 3.97. The number of hydrogen-bond donors (Lipinski definition) is 0. The van der Waals surface area contributed by atoms with Gasteiger partial charge in [0.15, 0.2) is 0 Å². The molecule has 0 saturated heterocycles. The molecule has 0 atom stereocenters. The average molecular weight is 400 g/mol. The van der Waals surface area contributed by atoms with E-state index in [1.165, 1.54) is 25.2 Å². The van der Waals surface area contributed by atoms with Crippen LogP contribution in [0.15, 0.2) is 36.4 Å². The molecule has 0 saturated carbocycles. The summed E-state index contributed by atoms with van der Waals surface area (Å²) in [6, 6.07) is 6.34. The van der Waals surface area contributed by atoms with Gasteiger partial charge in [-0.1, -0.05) is 11.6 Å². The van der Waals surface area contributed by atoms with Crippen LogP contribution in [-0.4, -0.2) is 25.1 Å². The van der Waals surface area contributed by atoms with Crippen LogP contribution in [0.5, 0.6) is 11.5 Å². The number of rotatable bonds is 4. The Hall–Kier alpha value is -3.21. The molecular formula is C15H9ClF3N5O3. The topological polar surface area (TPSA) is 96.0 Å². The number of ether oxygens (including phenoxy) is 1. The van der Waals surface area contributed by atoms with E-state index in [9.17, 15) is 23.3 Å². The molecule has 0 radical (unpaired) electrons. The Morgan fingerprint density at radius 3 is 2.52 bits per heavy atom. The molecule has 0 aliphatic carbocycles. The van der Waals surface area contributed by atoms with E-state index in [1.54, 1.807) is 0 Å². The summed E-state index contributed by atoms with van der Waals surface area (Å²) in [6.45, 7) is 0. The fourth-order valence-electron chi connectivity index (χ4n) is 2.20. The number of benzene rings is 2. The Bertz CT molecular complexity index is 1020. The first-order chi connectivity index (χ1) is 12.6. The van der Waals surface area contributed by atoms with Gasteiger partial charge in [-0.3, -0.25) is 10.1 Å². The van der Waals surface area contributed by atoms with Crippen molar-refractivity contribution in [2.24, 2.45) is 7.05 Å². The number of halogens is 4. The van der Waals surface area contributed by atoms with Crippen molar-refractivity contribution in [1.82, 2.24) is 20.2 Å². The Balaban J connectivity index is 1.98. The minimum absolute atomic E-state index is 0.00633. The monoisotopic (exact) mass is 399 g/mol. The number of tetrazole rings is 1. The van der Waals surface area contributed by atoms with E-state index in [-0.39, 0.29) is 33.6 Å². The highest BCUT2D eigenvalue weighted by atomic mass is 35.5. The second-order valence-electron chi connectivity index (χ2n) is 5.28. The van der Waals surface area contributed by atoms with Crippen molar-refractivity contribution in [3.05, 3.63) is 57.1 Å². The lowest BCUT2D eigenvalue weighted by Crippen LogP contribution is -2.04. The van der Waals surface area contributed by atoms with Gasteiger partial charge >= 0.3 is 6.18 Å². The van der Waals surface area contributed by atoms with Crippen LogP contribution in [0.2, 0.25) is 5.02 Å². The van der Waals surface area contributed by atoms with E-state index < -0.39 is 16.7 Å². The predicted molar refractivity (Wildman–Crippen MR) is 87.4 cm³/mol. The number of nitrogens with zero attached hydrogens (tertiary/aromatic N) is 5. The maximum atomic E-state index is 12.7. The van der Waals surface area contributed by atoms with Crippen LogP contribution in [0.3, 0.4) is 0 Å². The molecule has 3 aromatic rings. The number of aromatic nitrogens is 4. The summed E-state index contributed by atoms with van der Waals surface area (Å²) >= 11 is 5.86. The molecule has 1 heterocycles. The SMILES string of the molecule is Cn1nnc(-c2cc(Oc3ccc(C(F)(F)F)cc3Cl)ccc2[N+](=O)[O-])n1. The van der Waals surface area contributed by atoms with Crippen LogP contribution in [-0.2, 0) is 13.2 Å². The Labute approximate surface area is 154 Å². The molecular weight excluding hydrogens is 391 g/mol. The second kappa shape index (κ2) is 6.83. The second-order valence-corrected chi connectivity index (χ2v) is 5.69. The molecule has 0 amide bonds. The van der Waals surface area contributed by atoms with Crippen molar-refractivity contribution < 1.29 is 22.8 Å². The molecule has 8 nitrogen and oxygen atoms in total. The van der Waals surface area contributed by atoms with E-state index in [1.807, 2.05) is 0 Å². The molecule has 1 aromatic heterocycles. The molecule has 3 rings (SSSR count). The van der Waals surface area contributed by atoms with Crippen LogP contribution in [0.4, 0.5) is 18.9 Å². The maximum absolute atomic E-state index is 12.7. The van der Waals surface area contributed by atoms with Gasteiger partial charge in [0.1, 0.15) is 17.1 Å². The van der Waals surface area contributed by atoms with Gasteiger partial charge in [-0.2, -0.15) is 18.0 Å². The summed E-state index contributed by atoms with van der Waals surface area (Å²) in [5.41, 5.74) is -1.17. The lowest BCUT2D eigenvalue weighted by atomic mass is 10.1. The van der Waals surface area contributed by atoms with Gasteiger partial charge in [0, 0.05) is 6.07 Å². The molecule has 0 fully saturated rings. The van der Waals surface area contributed by atoms with Gasteiger partial charge in [0.2, 0.25) is 5.82 Å². The van der Waals surface area contributed by atoms with Crippen LogP contribution in [0.25, 0.3) is 11.4 Å². The molecule has 0 unspecified atom stereocenters. The first kappa shape index (κ1) is 18.6. The molecule has 0 aliphatic rings. The first-order valence-electron chi connectivity index (χ1n) is 7.22. The fraction of sp³-hybridized carbons (Fsp3) is 0.133. The molecule has 12 heteroatoms. The highest BCUT2D eigenvalue weighted by Gasteiger charge is 2.31. The number of aryl methyl sites for hydroxylation is 1. The molecule has 27 heavy (non-hydrogen) atoms. The maximum Gasteiger partial charge on any atom is 0.416 e. The quantitative estimate of drug-likeness (QED) is 0.480. The summed E-state index contributed by atoms with van der Waals surface area (Å²) in [5.74, 6) is 0.0504. The van der Waals surface area contributed by atoms with Crippen molar-refractivity contribution in [1.29, 1.82) is 0 Å². The minimum Gasteiger partial charge on any atom is -0.456 e. The number of nitro groups is 1. The van der Waals surface area contributed by atoms with Crippen LogP contribution in [0, 0.1) is 10.1 Å². The highest BCUT2D eigenvalue weighted by molar-refractivity contribution is 6.32. The summed E-state index contributed by atoms with van der Waals surface area (Å²) < 4.78 is 43.6. The summed E-state index contributed by atoms with van der Waals surface area (Å²) in [5, 5.41) is 22.2. The molecule has 2 aromatic carbocycles. The molecule has 0 N–H and O–H groups in total. The van der Waals surface area contributed by atoms with Crippen molar-refractivity contribution in [3.8, 4) is 22.9 Å². The van der Waals surface area contributed by atoms with Crippen LogP contribution >= 0.6 is 11.6 Å². The molecule has 0 aliphatic heterocycles. The number of alkyl halides is 3. The Morgan fingerprint density at radius 2 is 1.96 bits per heavy atom. The summed E-state index contributed by atoms with van der Waals surface area (Å²) in [4.78, 5) is 11.7. The van der Waals surface area contributed by atoms with E-state index in [0.29, 0.717) is 0 Å². The molecule has 0 spiro atoms. The zero-order chi connectivity index (χ0) is 19.8. The third-order valence-corrected chi connectivity index (χ3v) is 3.70. The van der Waals surface area contributed by atoms with Gasteiger partial charge in [-0.05, 0) is 35.5 Å². The zero-order valence-corrected chi connectivity index (χ0v) is 14.2. The van der Waals surface area contributed by atoms with Crippen molar-refractivity contribution in [2.45, 2.75) is 6.18 Å². The van der Waals surface area contributed by atoms with Gasteiger partial charge < -0.3 is 4.74 Å². The minimum atomic E-state index is -4.54. The average Bonchev–Trinajstić information content (AvgIpc) is 3.02. The Kier molecular flexibility index (Phi) is 4.70. The highest BCUT2D eigenvalue weighted by Crippen LogP contribution is 2.38. The largest absolute Gasteiger partial charge is 0.456 e. The van der Waals surface area contributed by atoms with E-state index in [4.69, 9.17) is 16.3 Å². The lowest BCUT2D eigenvalue weighted by molar-refractivity contribution is -0.384. The van der Waals surface area contributed by atoms with Crippen LogP contribution in [0.1, 0.15) is 5.56 Å². The fourth-order valence-corrected chi connectivity index (χ4v) is 2.41. The number of nitro benzene ring substituents is 1. The van der Waals surface area contributed by atoms with E-state index in [0.717, 1.165) is 23.0 Å². The Morgan fingerprint density at radius 1 is 1.22 bits per heavy atom. The van der Waals surface area contributed by atoms with E-state index in [2.05, 4.69) is 15.4 Å².